The van der Waals surface area contributed by atoms with E-state index >= 15 is 0 Å². The van der Waals surface area contributed by atoms with Gasteiger partial charge in [-0.1, -0.05) is 13.8 Å². The topological polar surface area (TPSA) is 71.1 Å². The molecule has 1 rings (SSSR count). The summed E-state index contributed by atoms with van der Waals surface area (Å²) in [7, 11) is 1.55. The lowest BCUT2D eigenvalue weighted by atomic mass is 10.2. The summed E-state index contributed by atoms with van der Waals surface area (Å²) in [4.78, 5) is 26.7. The molecule has 16 heavy (non-hydrogen) atoms. The van der Waals surface area contributed by atoms with E-state index in [1.807, 2.05) is 0 Å². The average molecular weight is 221 g/mol. The van der Waals surface area contributed by atoms with Gasteiger partial charge in [-0.15, -0.1) is 0 Å². The van der Waals surface area contributed by atoms with Crippen molar-refractivity contribution in [3.05, 3.63) is 23.9 Å². The van der Waals surface area contributed by atoms with Crippen LogP contribution < -0.4 is 10.6 Å². The number of carbonyl (C=O) groups is 2. The zero-order valence-corrected chi connectivity index (χ0v) is 9.57. The number of hydrogen-bond donors (Lipinski definition) is 2. The maximum atomic E-state index is 11.4. The van der Waals surface area contributed by atoms with Crippen LogP contribution in [-0.2, 0) is 4.79 Å². The third-order valence-electron chi connectivity index (χ3n) is 2.02. The molecule has 86 valence electrons. The van der Waals surface area contributed by atoms with E-state index in [-0.39, 0.29) is 17.7 Å². The lowest BCUT2D eigenvalue weighted by Crippen LogP contribution is -2.20. The van der Waals surface area contributed by atoms with Crippen molar-refractivity contribution < 1.29 is 9.59 Å². The fraction of sp³-hybridized carbons (Fsp3) is 0.364. The highest BCUT2D eigenvalue weighted by Crippen LogP contribution is 2.08. The van der Waals surface area contributed by atoms with Gasteiger partial charge in [0, 0.05) is 24.7 Å². The molecule has 1 aromatic rings. The number of amides is 2. The Kier molecular flexibility index (Phi) is 3.99. The molecule has 0 saturated carbocycles. The van der Waals surface area contributed by atoms with E-state index < -0.39 is 0 Å². The van der Waals surface area contributed by atoms with Crippen LogP contribution in [0.4, 0.5) is 5.82 Å². The summed E-state index contributed by atoms with van der Waals surface area (Å²) in [6, 6.07) is 3.13. The first kappa shape index (κ1) is 12.2. The van der Waals surface area contributed by atoms with Gasteiger partial charge in [0.2, 0.25) is 5.91 Å². The van der Waals surface area contributed by atoms with Crippen LogP contribution in [0, 0.1) is 5.92 Å². The largest absolute Gasteiger partial charge is 0.355 e. The Morgan fingerprint density at radius 3 is 2.62 bits per heavy atom. The molecule has 1 heterocycles. The van der Waals surface area contributed by atoms with Crippen LogP contribution in [0.25, 0.3) is 0 Å². The Morgan fingerprint density at radius 2 is 2.06 bits per heavy atom. The summed E-state index contributed by atoms with van der Waals surface area (Å²) in [6.45, 7) is 3.58. The van der Waals surface area contributed by atoms with Crippen LogP contribution in [0.3, 0.4) is 0 Å². The van der Waals surface area contributed by atoms with E-state index in [9.17, 15) is 9.59 Å². The van der Waals surface area contributed by atoms with Crippen molar-refractivity contribution in [1.82, 2.24) is 10.3 Å². The van der Waals surface area contributed by atoms with Gasteiger partial charge in [0.05, 0.1) is 0 Å². The molecule has 5 nitrogen and oxygen atoms in total. The molecule has 1 aromatic heterocycles. The molecule has 0 aliphatic carbocycles. The zero-order chi connectivity index (χ0) is 12.1. The lowest BCUT2D eigenvalue weighted by molar-refractivity contribution is -0.118. The van der Waals surface area contributed by atoms with Crippen molar-refractivity contribution in [2.24, 2.45) is 5.92 Å². The predicted molar refractivity (Wildman–Crippen MR) is 61.1 cm³/mol. The highest BCUT2D eigenvalue weighted by Gasteiger charge is 2.09. The molecule has 0 radical (unpaired) electrons. The normalized spacial score (nSPS) is 10.0. The standard InChI is InChI=1S/C11H15N3O2/c1-7(2)10(15)14-9-6-8(4-5-13-9)11(16)12-3/h4-7H,1-3H3,(H,12,16)(H,13,14,15). The Morgan fingerprint density at radius 1 is 1.38 bits per heavy atom. The van der Waals surface area contributed by atoms with Crippen LogP contribution in [-0.4, -0.2) is 23.8 Å². The van der Waals surface area contributed by atoms with Crippen molar-refractivity contribution in [2.45, 2.75) is 13.8 Å². The summed E-state index contributed by atoms with van der Waals surface area (Å²) in [5, 5.41) is 5.14. The Labute approximate surface area is 94.3 Å². The second-order valence-electron chi connectivity index (χ2n) is 3.65. The maximum Gasteiger partial charge on any atom is 0.251 e. The summed E-state index contributed by atoms with van der Waals surface area (Å²) in [5.74, 6) is -0.0609. The zero-order valence-electron chi connectivity index (χ0n) is 9.57. The van der Waals surface area contributed by atoms with Crippen molar-refractivity contribution in [2.75, 3.05) is 12.4 Å². The van der Waals surface area contributed by atoms with E-state index in [1.165, 1.54) is 6.20 Å². The molecule has 0 fully saturated rings. The molecule has 2 N–H and O–H groups in total. The van der Waals surface area contributed by atoms with E-state index in [2.05, 4.69) is 15.6 Å². The minimum Gasteiger partial charge on any atom is -0.355 e. The third-order valence-corrected chi connectivity index (χ3v) is 2.02. The van der Waals surface area contributed by atoms with Gasteiger partial charge >= 0.3 is 0 Å². The number of nitrogens with one attached hydrogen (secondary N) is 2. The van der Waals surface area contributed by atoms with E-state index in [0.717, 1.165) is 0 Å². The Bertz CT molecular complexity index is 402. The minimum atomic E-state index is -0.206. The average Bonchev–Trinajstić information content (AvgIpc) is 2.28. The molecule has 5 heteroatoms. The smallest absolute Gasteiger partial charge is 0.251 e. The molecule has 0 atom stereocenters. The summed E-state index contributed by atoms with van der Waals surface area (Å²) >= 11 is 0. The van der Waals surface area contributed by atoms with Gasteiger partial charge in [-0.25, -0.2) is 4.98 Å². The van der Waals surface area contributed by atoms with Crippen LogP contribution in [0.5, 0.6) is 0 Å². The van der Waals surface area contributed by atoms with Crippen molar-refractivity contribution in [3.8, 4) is 0 Å². The number of carbonyl (C=O) groups excluding carboxylic acids is 2. The van der Waals surface area contributed by atoms with Crippen molar-refractivity contribution >= 4 is 17.6 Å². The number of rotatable bonds is 3. The lowest BCUT2D eigenvalue weighted by Gasteiger charge is -2.07. The Hall–Kier alpha value is -1.91. The van der Waals surface area contributed by atoms with Gasteiger partial charge < -0.3 is 10.6 Å². The van der Waals surface area contributed by atoms with Gasteiger partial charge in [-0.3, -0.25) is 9.59 Å². The van der Waals surface area contributed by atoms with Gasteiger partial charge in [-0.2, -0.15) is 0 Å². The Balaban J connectivity index is 2.83. The SMILES string of the molecule is CNC(=O)c1ccnc(NC(=O)C(C)C)c1. The molecule has 0 unspecified atom stereocenters. The van der Waals surface area contributed by atoms with Crippen LogP contribution >= 0.6 is 0 Å². The summed E-state index contributed by atoms with van der Waals surface area (Å²) in [6.07, 6.45) is 1.49. The fourth-order valence-electron chi connectivity index (χ4n) is 1.06. The highest BCUT2D eigenvalue weighted by molar-refractivity contribution is 5.96. The third kappa shape index (κ3) is 3.05. The van der Waals surface area contributed by atoms with Crippen LogP contribution in [0.2, 0.25) is 0 Å². The monoisotopic (exact) mass is 221 g/mol. The van der Waals surface area contributed by atoms with E-state index in [4.69, 9.17) is 0 Å². The van der Waals surface area contributed by atoms with Crippen molar-refractivity contribution in [3.63, 3.8) is 0 Å². The molecule has 0 bridgehead atoms. The first-order chi connectivity index (χ1) is 7.54. The fourth-order valence-corrected chi connectivity index (χ4v) is 1.06. The molecular formula is C11H15N3O2. The number of aromatic nitrogens is 1. The number of hydrogen-bond acceptors (Lipinski definition) is 3. The number of anilines is 1. The molecule has 0 aliphatic rings. The van der Waals surface area contributed by atoms with Crippen molar-refractivity contribution in [1.29, 1.82) is 0 Å². The molecule has 2 amide bonds. The predicted octanol–water partition coefficient (Wildman–Crippen LogP) is 1.04. The maximum absolute atomic E-state index is 11.4. The summed E-state index contributed by atoms with van der Waals surface area (Å²) < 4.78 is 0. The number of pyridine rings is 1. The molecular weight excluding hydrogens is 206 g/mol. The second kappa shape index (κ2) is 5.25. The molecule has 0 aliphatic heterocycles. The van der Waals surface area contributed by atoms with Gasteiger partial charge in [0.25, 0.3) is 5.91 Å². The van der Waals surface area contributed by atoms with Crippen LogP contribution in [0.15, 0.2) is 18.3 Å². The first-order valence-electron chi connectivity index (χ1n) is 5.03. The summed E-state index contributed by atoms with van der Waals surface area (Å²) in [5.41, 5.74) is 0.469. The molecule has 0 spiro atoms. The van der Waals surface area contributed by atoms with E-state index in [0.29, 0.717) is 11.4 Å². The molecule has 0 saturated heterocycles. The van der Waals surface area contributed by atoms with Gasteiger partial charge in [-0.05, 0) is 12.1 Å². The first-order valence-corrected chi connectivity index (χ1v) is 5.03. The second-order valence-corrected chi connectivity index (χ2v) is 3.65. The van der Waals surface area contributed by atoms with Crippen LogP contribution in [0.1, 0.15) is 24.2 Å². The van der Waals surface area contributed by atoms with Gasteiger partial charge in [0.1, 0.15) is 5.82 Å². The van der Waals surface area contributed by atoms with Gasteiger partial charge in [0.15, 0.2) is 0 Å². The minimum absolute atomic E-state index is 0.120. The number of nitrogens with zero attached hydrogens (tertiary/aromatic N) is 1. The molecule has 0 aromatic carbocycles. The van der Waals surface area contributed by atoms with E-state index in [1.54, 1.807) is 33.0 Å². The quantitative estimate of drug-likeness (QED) is 0.801. The highest BCUT2D eigenvalue weighted by atomic mass is 16.2.